The Bertz CT molecular complexity index is 458. The van der Waals surface area contributed by atoms with Crippen molar-refractivity contribution >= 4 is 17.3 Å². The summed E-state index contributed by atoms with van der Waals surface area (Å²) in [5, 5.41) is 2.49. The third-order valence-corrected chi connectivity index (χ3v) is 2.44. The minimum Gasteiger partial charge on any atom is -0.397 e. The van der Waals surface area contributed by atoms with Crippen molar-refractivity contribution in [3.05, 3.63) is 23.8 Å². The average molecular weight is 275 g/mol. The number of anilines is 2. The molecule has 1 aromatic carbocycles. The van der Waals surface area contributed by atoms with Crippen LogP contribution in [0, 0.1) is 0 Å². The van der Waals surface area contributed by atoms with Crippen molar-refractivity contribution in [1.82, 2.24) is 4.90 Å². The first-order valence-corrected chi connectivity index (χ1v) is 5.61. The molecular formula is C12H16F3N3O. The Morgan fingerprint density at radius 3 is 2.47 bits per heavy atom. The third kappa shape index (κ3) is 4.78. The molecule has 106 valence electrons. The number of nitrogens with two attached hydrogens (primary N) is 1. The van der Waals surface area contributed by atoms with E-state index >= 15 is 0 Å². The molecule has 0 spiro atoms. The van der Waals surface area contributed by atoms with Gasteiger partial charge in [-0.05, 0) is 32.3 Å². The number of hydrogen-bond acceptors (Lipinski definition) is 3. The lowest BCUT2D eigenvalue weighted by Crippen LogP contribution is -2.21. The zero-order valence-electron chi connectivity index (χ0n) is 10.7. The Morgan fingerprint density at radius 1 is 1.37 bits per heavy atom. The van der Waals surface area contributed by atoms with E-state index in [0.29, 0.717) is 6.54 Å². The van der Waals surface area contributed by atoms with E-state index in [1.54, 1.807) is 0 Å². The predicted octanol–water partition coefficient (Wildman–Crippen LogP) is 2.18. The number of hydrogen-bond donors (Lipinski definition) is 2. The molecule has 1 amide bonds. The fraction of sp³-hybridized carbons (Fsp3) is 0.417. The Balaban J connectivity index is 2.73. The van der Waals surface area contributed by atoms with E-state index in [0.717, 1.165) is 18.2 Å². The van der Waals surface area contributed by atoms with Crippen molar-refractivity contribution in [1.29, 1.82) is 0 Å². The second-order valence-electron chi connectivity index (χ2n) is 4.40. The van der Waals surface area contributed by atoms with E-state index in [4.69, 9.17) is 5.73 Å². The van der Waals surface area contributed by atoms with Crippen LogP contribution in [0.3, 0.4) is 0 Å². The molecule has 4 nitrogen and oxygen atoms in total. The zero-order valence-corrected chi connectivity index (χ0v) is 10.7. The predicted molar refractivity (Wildman–Crippen MR) is 67.7 cm³/mol. The van der Waals surface area contributed by atoms with Crippen LogP contribution in [0.2, 0.25) is 0 Å². The van der Waals surface area contributed by atoms with Gasteiger partial charge in [0.2, 0.25) is 5.91 Å². The normalized spacial score (nSPS) is 11.7. The maximum absolute atomic E-state index is 12.4. The summed E-state index contributed by atoms with van der Waals surface area (Å²) >= 11 is 0. The molecule has 0 saturated carbocycles. The van der Waals surface area contributed by atoms with Crippen LogP contribution in [-0.2, 0) is 11.0 Å². The summed E-state index contributed by atoms with van der Waals surface area (Å²) in [6.07, 6.45) is -4.20. The maximum atomic E-state index is 12.4. The number of carbonyl (C=O) groups is 1. The average Bonchev–Trinajstić information content (AvgIpc) is 2.27. The topological polar surface area (TPSA) is 58.4 Å². The molecule has 0 aliphatic heterocycles. The van der Waals surface area contributed by atoms with Crippen LogP contribution in [0.1, 0.15) is 12.0 Å². The number of nitrogen functional groups attached to an aromatic ring is 1. The van der Waals surface area contributed by atoms with Gasteiger partial charge >= 0.3 is 6.18 Å². The van der Waals surface area contributed by atoms with Crippen LogP contribution in [0.25, 0.3) is 0 Å². The van der Waals surface area contributed by atoms with Gasteiger partial charge < -0.3 is 16.0 Å². The lowest BCUT2D eigenvalue weighted by Gasteiger charge is -2.13. The standard InChI is InChI=1S/C12H16F3N3O/c1-18(2)6-5-11(19)17-10-4-3-8(7-9(10)16)12(13,14)15/h3-4,7H,5-6,16H2,1-2H3,(H,17,19). The summed E-state index contributed by atoms with van der Waals surface area (Å²) in [4.78, 5) is 13.4. The summed E-state index contributed by atoms with van der Waals surface area (Å²) in [6, 6.07) is 2.85. The molecule has 0 aliphatic rings. The SMILES string of the molecule is CN(C)CCC(=O)Nc1ccc(C(F)(F)F)cc1N. The number of rotatable bonds is 4. The van der Waals surface area contributed by atoms with Gasteiger partial charge in [-0.15, -0.1) is 0 Å². The fourth-order valence-electron chi connectivity index (χ4n) is 1.39. The van der Waals surface area contributed by atoms with Crippen LogP contribution in [0.15, 0.2) is 18.2 Å². The van der Waals surface area contributed by atoms with Gasteiger partial charge in [0, 0.05) is 13.0 Å². The van der Waals surface area contributed by atoms with E-state index in [1.807, 2.05) is 19.0 Å². The summed E-state index contributed by atoms with van der Waals surface area (Å²) < 4.78 is 37.3. The van der Waals surface area contributed by atoms with Crippen molar-refractivity contribution in [2.75, 3.05) is 31.7 Å². The Kier molecular flexibility index (Phi) is 4.77. The Morgan fingerprint density at radius 2 is 2.00 bits per heavy atom. The molecule has 0 saturated heterocycles. The summed E-state index contributed by atoms with van der Waals surface area (Å²) in [6.45, 7) is 0.548. The van der Waals surface area contributed by atoms with E-state index in [1.165, 1.54) is 0 Å². The van der Waals surface area contributed by atoms with Crippen molar-refractivity contribution in [3.63, 3.8) is 0 Å². The smallest absolute Gasteiger partial charge is 0.397 e. The van der Waals surface area contributed by atoms with Crippen molar-refractivity contribution in [2.24, 2.45) is 0 Å². The summed E-state index contributed by atoms with van der Waals surface area (Å²) in [7, 11) is 3.64. The van der Waals surface area contributed by atoms with Crippen LogP contribution in [0.5, 0.6) is 0 Å². The molecule has 0 heterocycles. The van der Waals surface area contributed by atoms with Gasteiger partial charge in [0.25, 0.3) is 0 Å². The van der Waals surface area contributed by atoms with Crippen molar-refractivity contribution < 1.29 is 18.0 Å². The molecule has 1 aromatic rings. The molecule has 7 heteroatoms. The van der Waals surface area contributed by atoms with E-state index in [2.05, 4.69) is 5.32 Å². The highest BCUT2D eigenvalue weighted by Gasteiger charge is 2.30. The third-order valence-electron chi connectivity index (χ3n) is 2.44. The van der Waals surface area contributed by atoms with E-state index in [-0.39, 0.29) is 23.7 Å². The number of nitrogens with zero attached hydrogens (tertiary/aromatic N) is 1. The van der Waals surface area contributed by atoms with Crippen LogP contribution in [-0.4, -0.2) is 31.4 Å². The Hall–Kier alpha value is -1.76. The number of halogens is 3. The molecule has 0 bridgehead atoms. The fourth-order valence-corrected chi connectivity index (χ4v) is 1.39. The first-order chi connectivity index (χ1) is 8.70. The highest BCUT2D eigenvalue weighted by molar-refractivity contribution is 5.94. The lowest BCUT2D eigenvalue weighted by atomic mass is 10.1. The molecule has 0 atom stereocenters. The highest BCUT2D eigenvalue weighted by atomic mass is 19.4. The van der Waals surface area contributed by atoms with Gasteiger partial charge in [-0.3, -0.25) is 4.79 Å². The first-order valence-electron chi connectivity index (χ1n) is 5.61. The minimum atomic E-state index is -4.44. The monoisotopic (exact) mass is 275 g/mol. The van der Waals surface area contributed by atoms with Crippen LogP contribution in [0.4, 0.5) is 24.5 Å². The molecule has 19 heavy (non-hydrogen) atoms. The minimum absolute atomic E-state index is 0.104. The van der Waals surface area contributed by atoms with Gasteiger partial charge in [0.1, 0.15) is 0 Å². The molecular weight excluding hydrogens is 259 g/mol. The van der Waals surface area contributed by atoms with Crippen molar-refractivity contribution in [3.8, 4) is 0 Å². The largest absolute Gasteiger partial charge is 0.416 e. The van der Waals surface area contributed by atoms with Crippen LogP contribution >= 0.6 is 0 Å². The van der Waals surface area contributed by atoms with Gasteiger partial charge in [-0.2, -0.15) is 13.2 Å². The van der Waals surface area contributed by atoms with Crippen LogP contribution < -0.4 is 11.1 Å². The van der Waals surface area contributed by atoms with Gasteiger partial charge in [-0.25, -0.2) is 0 Å². The van der Waals surface area contributed by atoms with Crippen molar-refractivity contribution in [2.45, 2.75) is 12.6 Å². The number of alkyl halides is 3. The second-order valence-corrected chi connectivity index (χ2v) is 4.40. The molecule has 0 aliphatic carbocycles. The van der Waals surface area contributed by atoms with E-state index in [9.17, 15) is 18.0 Å². The summed E-state index contributed by atoms with van der Waals surface area (Å²) in [5.74, 6) is -0.292. The van der Waals surface area contributed by atoms with E-state index < -0.39 is 11.7 Å². The number of nitrogens with one attached hydrogen (secondary N) is 1. The lowest BCUT2D eigenvalue weighted by molar-refractivity contribution is -0.137. The molecule has 0 radical (unpaired) electrons. The van der Waals surface area contributed by atoms with Gasteiger partial charge in [0.05, 0.1) is 16.9 Å². The second kappa shape index (κ2) is 5.92. The summed E-state index contributed by atoms with van der Waals surface area (Å²) in [5.41, 5.74) is 4.75. The molecule has 0 aromatic heterocycles. The number of benzene rings is 1. The molecule has 0 fully saturated rings. The maximum Gasteiger partial charge on any atom is 0.416 e. The van der Waals surface area contributed by atoms with Gasteiger partial charge in [0.15, 0.2) is 0 Å². The zero-order chi connectivity index (χ0) is 14.6. The highest BCUT2D eigenvalue weighted by Crippen LogP contribution is 2.32. The first kappa shape index (κ1) is 15.3. The quantitative estimate of drug-likeness (QED) is 0.828. The number of amides is 1. The molecule has 0 unspecified atom stereocenters. The molecule has 1 rings (SSSR count). The Labute approximate surface area is 109 Å². The van der Waals surface area contributed by atoms with Gasteiger partial charge in [-0.1, -0.05) is 0 Å². The number of carbonyl (C=O) groups excluding carboxylic acids is 1. The molecule has 3 N–H and O–H groups in total.